The van der Waals surface area contributed by atoms with Crippen molar-refractivity contribution >= 4 is 5.91 Å². The smallest absolute Gasteiger partial charge is 0.231 e. The molecule has 23 heavy (non-hydrogen) atoms. The van der Waals surface area contributed by atoms with Crippen LogP contribution in [-0.2, 0) is 17.8 Å². The summed E-state index contributed by atoms with van der Waals surface area (Å²) in [5.74, 6) is 1.71. The number of carbonyl (C=O) groups excluding carboxylic acids is 1. The van der Waals surface area contributed by atoms with Gasteiger partial charge in [-0.05, 0) is 36.6 Å². The molecule has 0 aromatic heterocycles. The number of nitrogens with zero attached hydrogens (tertiary/aromatic N) is 1. The first-order chi connectivity index (χ1) is 11.3. The van der Waals surface area contributed by atoms with E-state index in [-0.39, 0.29) is 12.7 Å². The fourth-order valence-electron chi connectivity index (χ4n) is 2.69. The van der Waals surface area contributed by atoms with Crippen molar-refractivity contribution in [2.75, 3.05) is 13.3 Å². The number of amides is 1. The zero-order valence-corrected chi connectivity index (χ0v) is 13.3. The summed E-state index contributed by atoms with van der Waals surface area (Å²) in [6, 6.07) is 16.0. The maximum atomic E-state index is 12.5. The van der Waals surface area contributed by atoms with Crippen molar-refractivity contribution in [3.05, 3.63) is 59.7 Å². The van der Waals surface area contributed by atoms with Crippen molar-refractivity contribution in [1.29, 1.82) is 0 Å². The molecule has 1 heterocycles. The van der Waals surface area contributed by atoms with E-state index in [1.807, 2.05) is 48.2 Å². The fraction of sp³-hybridized carbons (Fsp3) is 0.316. The van der Waals surface area contributed by atoms with Crippen LogP contribution in [0.2, 0.25) is 0 Å². The van der Waals surface area contributed by atoms with Crippen LogP contribution in [0.25, 0.3) is 0 Å². The minimum atomic E-state index is 0.175. The van der Waals surface area contributed by atoms with E-state index >= 15 is 0 Å². The number of hydrogen-bond acceptors (Lipinski definition) is 3. The van der Waals surface area contributed by atoms with Crippen LogP contribution in [0.1, 0.15) is 24.5 Å². The Kier molecular flexibility index (Phi) is 4.81. The minimum Gasteiger partial charge on any atom is -0.454 e. The number of fused-ring (bicyclic) bond motifs is 1. The largest absolute Gasteiger partial charge is 0.454 e. The number of benzene rings is 2. The highest BCUT2D eigenvalue weighted by atomic mass is 16.7. The lowest BCUT2D eigenvalue weighted by atomic mass is 10.1. The quantitative estimate of drug-likeness (QED) is 0.821. The van der Waals surface area contributed by atoms with E-state index in [0.29, 0.717) is 19.5 Å². The van der Waals surface area contributed by atoms with Gasteiger partial charge in [-0.2, -0.15) is 0 Å². The lowest BCUT2D eigenvalue weighted by Gasteiger charge is -2.21. The normalized spacial score (nSPS) is 12.2. The Hall–Kier alpha value is -2.49. The van der Waals surface area contributed by atoms with Crippen LogP contribution in [0.3, 0.4) is 0 Å². The lowest BCUT2D eigenvalue weighted by Crippen LogP contribution is -2.30. The Labute approximate surface area is 136 Å². The van der Waals surface area contributed by atoms with Crippen molar-refractivity contribution in [2.24, 2.45) is 0 Å². The summed E-state index contributed by atoms with van der Waals surface area (Å²) >= 11 is 0. The summed E-state index contributed by atoms with van der Waals surface area (Å²) in [4.78, 5) is 14.3. The predicted octanol–water partition coefficient (Wildman–Crippen LogP) is 3.40. The number of rotatable bonds is 6. The molecule has 2 aromatic carbocycles. The molecule has 1 aliphatic rings. The zero-order valence-electron chi connectivity index (χ0n) is 13.3. The second kappa shape index (κ2) is 7.18. The summed E-state index contributed by atoms with van der Waals surface area (Å²) < 4.78 is 10.7. The van der Waals surface area contributed by atoms with Gasteiger partial charge in [-0.15, -0.1) is 0 Å². The first kappa shape index (κ1) is 15.4. The Morgan fingerprint density at radius 3 is 2.61 bits per heavy atom. The van der Waals surface area contributed by atoms with Gasteiger partial charge in [-0.3, -0.25) is 4.79 Å². The highest BCUT2D eigenvalue weighted by Crippen LogP contribution is 2.32. The molecule has 0 N–H and O–H groups in total. The lowest BCUT2D eigenvalue weighted by molar-refractivity contribution is -0.131. The van der Waals surface area contributed by atoms with E-state index in [9.17, 15) is 4.79 Å². The molecule has 0 bridgehead atoms. The van der Waals surface area contributed by atoms with Crippen LogP contribution < -0.4 is 9.47 Å². The number of ether oxygens (including phenoxy) is 2. The highest BCUT2D eigenvalue weighted by molar-refractivity contribution is 5.76. The molecular weight excluding hydrogens is 290 g/mol. The number of carbonyl (C=O) groups is 1. The van der Waals surface area contributed by atoms with Gasteiger partial charge in [-0.1, -0.05) is 36.4 Å². The fourth-order valence-corrected chi connectivity index (χ4v) is 2.69. The van der Waals surface area contributed by atoms with Gasteiger partial charge < -0.3 is 14.4 Å². The van der Waals surface area contributed by atoms with Crippen LogP contribution in [0.5, 0.6) is 11.5 Å². The SMILES string of the molecule is CCN(Cc1ccc2c(c1)OCO2)C(=O)CCc1ccccc1. The molecule has 0 atom stereocenters. The van der Waals surface area contributed by atoms with E-state index in [2.05, 4.69) is 12.1 Å². The van der Waals surface area contributed by atoms with Crippen LogP contribution in [-0.4, -0.2) is 24.1 Å². The van der Waals surface area contributed by atoms with Crippen molar-refractivity contribution in [2.45, 2.75) is 26.3 Å². The Bertz CT molecular complexity index is 670. The second-order valence-electron chi connectivity index (χ2n) is 5.58. The molecule has 0 saturated carbocycles. The van der Waals surface area contributed by atoms with Gasteiger partial charge in [0.05, 0.1) is 0 Å². The number of aryl methyl sites for hydroxylation is 1. The van der Waals surface area contributed by atoms with E-state index in [1.54, 1.807) is 0 Å². The van der Waals surface area contributed by atoms with Crippen LogP contribution in [0, 0.1) is 0 Å². The van der Waals surface area contributed by atoms with Crippen LogP contribution >= 0.6 is 0 Å². The van der Waals surface area contributed by atoms with Gasteiger partial charge in [0.1, 0.15) is 0 Å². The van der Waals surface area contributed by atoms with Gasteiger partial charge >= 0.3 is 0 Å². The Morgan fingerprint density at radius 2 is 1.83 bits per heavy atom. The predicted molar refractivity (Wildman–Crippen MR) is 88.4 cm³/mol. The minimum absolute atomic E-state index is 0.175. The summed E-state index contributed by atoms with van der Waals surface area (Å²) in [6.07, 6.45) is 1.31. The third kappa shape index (κ3) is 3.83. The molecule has 0 radical (unpaired) electrons. The first-order valence-electron chi connectivity index (χ1n) is 7.96. The monoisotopic (exact) mass is 311 g/mol. The molecule has 4 nitrogen and oxygen atoms in total. The van der Waals surface area contributed by atoms with E-state index in [1.165, 1.54) is 5.56 Å². The van der Waals surface area contributed by atoms with Gasteiger partial charge in [0.25, 0.3) is 0 Å². The van der Waals surface area contributed by atoms with Crippen molar-refractivity contribution < 1.29 is 14.3 Å². The Morgan fingerprint density at radius 1 is 1.04 bits per heavy atom. The zero-order chi connectivity index (χ0) is 16.1. The first-order valence-corrected chi connectivity index (χ1v) is 7.96. The maximum absolute atomic E-state index is 12.5. The average Bonchev–Trinajstić information content (AvgIpc) is 3.06. The van der Waals surface area contributed by atoms with Crippen molar-refractivity contribution in [1.82, 2.24) is 4.90 Å². The molecule has 0 fully saturated rings. The molecule has 1 aliphatic heterocycles. The second-order valence-corrected chi connectivity index (χ2v) is 5.58. The van der Waals surface area contributed by atoms with Crippen molar-refractivity contribution in [3.8, 4) is 11.5 Å². The van der Waals surface area contributed by atoms with Crippen LogP contribution in [0.15, 0.2) is 48.5 Å². The van der Waals surface area contributed by atoms with Crippen molar-refractivity contribution in [3.63, 3.8) is 0 Å². The third-order valence-electron chi connectivity index (χ3n) is 4.02. The summed E-state index contributed by atoms with van der Waals surface area (Å²) in [5, 5.41) is 0. The van der Waals surface area contributed by atoms with Gasteiger partial charge in [0.2, 0.25) is 12.7 Å². The molecule has 0 unspecified atom stereocenters. The molecule has 0 saturated heterocycles. The molecule has 4 heteroatoms. The van der Waals surface area contributed by atoms with E-state index in [0.717, 1.165) is 23.5 Å². The summed E-state index contributed by atoms with van der Waals surface area (Å²) in [6.45, 7) is 3.57. The van der Waals surface area contributed by atoms with Gasteiger partial charge in [0, 0.05) is 19.5 Å². The molecule has 120 valence electrons. The maximum Gasteiger partial charge on any atom is 0.231 e. The van der Waals surface area contributed by atoms with Gasteiger partial charge in [-0.25, -0.2) is 0 Å². The third-order valence-corrected chi connectivity index (χ3v) is 4.02. The van der Waals surface area contributed by atoms with Crippen LogP contribution in [0.4, 0.5) is 0 Å². The Balaban J connectivity index is 1.59. The average molecular weight is 311 g/mol. The molecule has 0 spiro atoms. The molecule has 1 amide bonds. The topological polar surface area (TPSA) is 38.8 Å². The van der Waals surface area contributed by atoms with Gasteiger partial charge in [0.15, 0.2) is 11.5 Å². The molecular formula is C19H21NO3. The molecule has 0 aliphatic carbocycles. The standard InChI is InChI=1S/C19H21NO3/c1-2-20(19(21)11-9-15-6-4-3-5-7-15)13-16-8-10-17-18(12-16)23-14-22-17/h3-8,10,12H,2,9,11,13-14H2,1H3. The van der Waals surface area contributed by atoms with E-state index < -0.39 is 0 Å². The van der Waals surface area contributed by atoms with E-state index in [4.69, 9.17) is 9.47 Å². The molecule has 3 rings (SSSR count). The molecule has 2 aromatic rings. The number of hydrogen-bond donors (Lipinski definition) is 0. The summed E-state index contributed by atoms with van der Waals surface area (Å²) in [5.41, 5.74) is 2.25. The summed E-state index contributed by atoms with van der Waals surface area (Å²) in [7, 11) is 0. The highest BCUT2D eigenvalue weighted by Gasteiger charge is 2.16.